The molecule has 0 radical (unpaired) electrons. The van der Waals surface area contributed by atoms with Gasteiger partial charge < -0.3 is 9.47 Å². The maximum absolute atomic E-state index is 14.0. The Morgan fingerprint density at radius 2 is 0.868 bits per heavy atom. The Kier molecular flexibility index (Phi) is 12.3. The normalized spacial score (nSPS) is 22.4. The van der Waals surface area contributed by atoms with Crippen molar-refractivity contribution in [3.8, 4) is 0 Å². The summed E-state index contributed by atoms with van der Waals surface area (Å²) in [6.45, 7) is 31.6. The van der Waals surface area contributed by atoms with Gasteiger partial charge in [0, 0.05) is 10.8 Å². The van der Waals surface area contributed by atoms with E-state index in [1.165, 1.54) is 0 Å². The minimum absolute atomic E-state index is 0.198. The van der Waals surface area contributed by atoms with E-state index in [0.29, 0.717) is 5.92 Å². The second kappa shape index (κ2) is 13.3. The zero-order valence-corrected chi connectivity index (χ0v) is 27.9. The molecule has 2 atom stereocenters. The molecule has 4 nitrogen and oxygen atoms in total. The Bertz CT molecular complexity index is 756. The van der Waals surface area contributed by atoms with Crippen LogP contribution in [0.1, 0.15) is 142 Å². The van der Waals surface area contributed by atoms with Crippen LogP contribution >= 0.6 is 0 Å². The fraction of sp³-hybridized carbons (Fsp3) is 0.941. The van der Waals surface area contributed by atoms with Crippen molar-refractivity contribution in [1.29, 1.82) is 0 Å². The van der Waals surface area contributed by atoms with Crippen LogP contribution in [0, 0.1) is 40.4 Å². The summed E-state index contributed by atoms with van der Waals surface area (Å²) in [5.74, 6) is 1.68. The predicted octanol–water partition coefficient (Wildman–Crippen LogP) is 9.08. The van der Waals surface area contributed by atoms with Gasteiger partial charge in [-0.3, -0.25) is 9.59 Å². The average molecular weight is 537 g/mol. The number of ketones is 2. The molecule has 1 aliphatic carbocycles. The van der Waals surface area contributed by atoms with Crippen molar-refractivity contribution in [3.63, 3.8) is 0 Å². The van der Waals surface area contributed by atoms with E-state index in [-0.39, 0.29) is 46.4 Å². The fourth-order valence-electron chi connectivity index (χ4n) is 5.05. The summed E-state index contributed by atoms with van der Waals surface area (Å²) in [6, 6.07) is 0. The molecule has 0 aromatic carbocycles. The van der Waals surface area contributed by atoms with E-state index in [1.54, 1.807) is 0 Å². The second-order valence-electron chi connectivity index (χ2n) is 15.8. The molecule has 0 aromatic rings. The smallest absolute Gasteiger partial charge is 0.167 e. The molecular formula is C34H64O4. The first-order valence-corrected chi connectivity index (χ1v) is 15.5. The zero-order valence-electron chi connectivity index (χ0n) is 27.9. The van der Waals surface area contributed by atoms with Gasteiger partial charge in [0.2, 0.25) is 0 Å². The van der Waals surface area contributed by atoms with Gasteiger partial charge in [-0.2, -0.15) is 0 Å². The summed E-state index contributed by atoms with van der Waals surface area (Å²) in [5, 5.41) is 0. The van der Waals surface area contributed by atoms with Crippen molar-refractivity contribution in [2.45, 2.75) is 166 Å². The van der Waals surface area contributed by atoms with E-state index in [9.17, 15) is 9.59 Å². The van der Waals surface area contributed by atoms with Gasteiger partial charge in [-0.25, -0.2) is 0 Å². The quantitative estimate of drug-likeness (QED) is 0.249. The van der Waals surface area contributed by atoms with E-state index < -0.39 is 23.0 Å². The Morgan fingerprint density at radius 1 is 0.553 bits per heavy atom. The molecule has 38 heavy (non-hydrogen) atoms. The van der Waals surface area contributed by atoms with Crippen molar-refractivity contribution in [2.75, 3.05) is 0 Å². The van der Waals surface area contributed by atoms with Gasteiger partial charge in [0.1, 0.15) is 12.2 Å². The van der Waals surface area contributed by atoms with Crippen molar-refractivity contribution >= 4 is 11.6 Å². The fourth-order valence-corrected chi connectivity index (χ4v) is 5.05. The van der Waals surface area contributed by atoms with Crippen LogP contribution in [0.4, 0.5) is 0 Å². The lowest BCUT2D eigenvalue weighted by Gasteiger charge is -2.42. The van der Waals surface area contributed by atoms with Crippen LogP contribution in [0.5, 0.6) is 0 Å². The lowest BCUT2D eigenvalue weighted by molar-refractivity contribution is -0.167. The van der Waals surface area contributed by atoms with E-state index >= 15 is 0 Å². The molecule has 1 aliphatic rings. The van der Waals surface area contributed by atoms with Gasteiger partial charge in [0.05, 0.1) is 11.2 Å². The summed E-state index contributed by atoms with van der Waals surface area (Å²) in [7, 11) is 0. The van der Waals surface area contributed by atoms with Crippen LogP contribution in [-0.2, 0) is 19.1 Å². The zero-order chi connectivity index (χ0) is 29.9. The standard InChI is InChI=1S/C34H64O4/c1-22(2)32(10,11)29(35)27(37-31(7,8)9)25-18-16-20-26(21-17-19-25)28(38-34(14,15)24(5)6)30(36)33(12,13)23(3)4/h22-28H,16-21H2,1-15H3. The van der Waals surface area contributed by atoms with Gasteiger partial charge in [0.15, 0.2) is 11.6 Å². The Balaban J connectivity index is 3.22. The third-order valence-electron chi connectivity index (χ3n) is 10.1. The molecule has 0 spiro atoms. The largest absolute Gasteiger partial charge is 0.365 e. The van der Waals surface area contributed by atoms with Crippen molar-refractivity contribution in [2.24, 2.45) is 40.4 Å². The number of rotatable bonds is 12. The number of Topliss-reactive ketones (excluding diaryl/α,β-unsaturated/α-hetero) is 2. The third kappa shape index (κ3) is 9.15. The highest BCUT2D eigenvalue weighted by Gasteiger charge is 2.45. The highest BCUT2D eigenvalue weighted by Crippen LogP contribution is 2.41. The number of ether oxygens (including phenoxy) is 2. The highest BCUT2D eigenvalue weighted by atomic mass is 16.5. The van der Waals surface area contributed by atoms with E-state index in [4.69, 9.17) is 9.47 Å². The minimum atomic E-state index is -0.441. The highest BCUT2D eigenvalue weighted by molar-refractivity contribution is 5.89. The predicted molar refractivity (Wildman–Crippen MR) is 160 cm³/mol. The lowest BCUT2D eigenvalue weighted by Crippen LogP contribution is -2.49. The van der Waals surface area contributed by atoms with Gasteiger partial charge >= 0.3 is 0 Å². The Morgan fingerprint density at radius 3 is 1.13 bits per heavy atom. The molecule has 0 heterocycles. The molecule has 0 saturated heterocycles. The first kappa shape index (κ1) is 35.3. The van der Waals surface area contributed by atoms with Crippen LogP contribution in [0.15, 0.2) is 0 Å². The average Bonchev–Trinajstić information content (AvgIpc) is 2.74. The van der Waals surface area contributed by atoms with Crippen LogP contribution in [0.25, 0.3) is 0 Å². The summed E-state index contributed by atoms with van der Waals surface area (Å²) in [5.41, 5.74) is -1.63. The molecule has 0 aliphatic heterocycles. The summed E-state index contributed by atoms with van der Waals surface area (Å²) >= 11 is 0. The molecular weight excluding hydrogens is 472 g/mol. The van der Waals surface area contributed by atoms with Crippen LogP contribution in [0.2, 0.25) is 0 Å². The molecule has 0 N–H and O–H groups in total. The van der Waals surface area contributed by atoms with Gasteiger partial charge in [-0.15, -0.1) is 0 Å². The number of carbonyl (C=O) groups excluding carboxylic acids is 2. The second-order valence-corrected chi connectivity index (χ2v) is 15.8. The lowest BCUT2D eigenvalue weighted by atomic mass is 9.69. The number of carbonyl (C=O) groups is 2. The topological polar surface area (TPSA) is 52.6 Å². The van der Waals surface area contributed by atoms with Crippen molar-refractivity contribution < 1.29 is 19.1 Å². The van der Waals surface area contributed by atoms with Crippen molar-refractivity contribution in [1.82, 2.24) is 0 Å². The summed E-state index contributed by atoms with van der Waals surface area (Å²) in [6.07, 6.45) is 4.94. The van der Waals surface area contributed by atoms with Crippen LogP contribution in [0.3, 0.4) is 0 Å². The van der Waals surface area contributed by atoms with E-state index in [1.807, 2.05) is 0 Å². The molecule has 0 amide bonds. The first-order chi connectivity index (χ1) is 17.1. The van der Waals surface area contributed by atoms with Crippen LogP contribution < -0.4 is 0 Å². The Hall–Kier alpha value is -0.740. The van der Waals surface area contributed by atoms with E-state index in [2.05, 4.69) is 104 Å². The third-order valence-corrected chi connectivity index (χ3v) is 10.1. The van der Waals surface area contributed by atoms with Gasteiger partial charge in [-0.05, 0) is 89.9 Å². The van der Waals surface area contributed by atoms with Gasteiger partial charge in [0.25, 0.3) is 0 Å². The molecule has 224 valence electrons. The summed E-state index contributed by atoms with van der Waals surface area (Å²) in [4.78, 5) is 27.9. The van der Waals surface area contributed by atoms with Crippen LogP contribution in [-0.4, -0.2) is 35.0 Å². The SMILES string of the molecule is CC(C)C(C)(C)OC(C(=O)C(C)(C)C(C)C)C1CCCC(C(OC(C)(C)C)C(=O)C(C)(C)C(C)C)CCC1. The summed E-state index contributed by atoms with van der Waals surface area (Å²) < 4.78 is 13.3. The molecule has 0 bridgehead atoms. The monoisotopic (exact) mass is 536 g/mol. The molecule has 2 unspecified atom stereocenters. The molecule has 4 heteroatoms. The first-order valence-electron chi connectivity index (χ1n) is 15.5. The molecule has 1 saturated carbocycles. The number of hydrogen-bond donors (Lipinski definition) is 0. The van der Waals surface area contributed by atoms with Crippen molar-refractivity contribution in [3.05, 3.63) is 0 Å². The number of hydrogen-bond acceptors (Lipinski definition) is 4. The minimum Gasteiger partial charge on any atom is -0.365 e. The Labute approximate surface area is 236 Å². The van der Waals surface area contributed by atoms with Gasteiger partial charge in [-0.1, -0.05) is 82.1 Å². The van der Waals surface area contributed by atoms with E-state index in [0.717, 1.165) is 38.5 Å². The maximum Gasteiger partial charge on any atom is 0.167 e. The molecule has 1 rings (SSSR count). The molecule has 1 fully saturated rings. The maximum atomic E-state index is 14.0. The molecule has 0 aromatic heterocycles.